The van der Waals surface area contributed by atoms with E-state index in [9.17, 15) is 0 Å². The Labute approximate surface area is 122 Å². The van der Waals surface area contributed by atoms with Crippen molar-refractivity contribution in [3.8, 4) is 0 Å². The molecule has 0 aromatic carbocycles. The van der Waals surface area contributed by atoms with Crippen LogP contribution in [-0.2, 0) is 6.54 Å². The van der Waals surface area contributed by atoms with Crippen molar-refractivity contribution in [1.29, 1.82) is 0 Å². The van der Waals surface area contributed by atoms with Gasteiger partial charge in [-0.2, -0.15) is 0 Å². The Morgan fingerprint density at radius 1 is 0.895 bits per heavy atom. The number of hydrogen-bond acceptors (Lipinski definition) is 2. The molecule has 108 valence electrons. The second-order valence-corrected chi connectivity index (χ2v) is 6.95. The van der Waals surface area contributed by atoms with E-state index in [1.165, 1.54) is 75.5 Å². The van der Waals surface area contributed by atoms with E-state index in [0.717, 1.165) is 12.6 Å². The lowest BCUT2D eigenvalue weighted by molar-refractivity contribution is 0.404. The van der Waals surface area contributed by atoms with Gasteiger partial charge >= 0.3 is 0 Å². The maximum atomic E-state index is 3.79. The third kappa shape index (κ3) is 6.58. The second kappa shape index (κ2) is 9.55. The van der Waals surface area contributed by atoms with Gasteiger partial charge in [0.05, 0.1) is 0 Å². The minimum atomic E-state index is 0.751. The maximum absolute atomic E-state index is 3.79. The van der Waals surface area contributed by atoms with E-state index in [1.807, 2.05) is 11.3 Å². The van der Waals surface area contributed by atoms with Crippen molar-refractivity contribution in [3.63, 3.8) is 0 Å². The molecule has 19 heavy (non-hydrogen) atoms. The van der Waals surface area contributed by atoms with E-state index in [-0.39, 0.29) is 0 Å². The molecule has 0 amide bonds. The first kappa shape index (κ1) is 15.1. The van der Waals surface area contributed by atoms with E-state index in [4.69, 9.17) is 0 Å². The van der Waals surface area contributed by atoms with Crippen LogP contribution in [0.1, 0.15) is 75.5 Å². The first-order chi connectivity index (χ1) is 9.45. The lowest BCUT2D eigenvalue weighted by Crippen LogP contribution is -2.28. The largest absolute Gasteiger partial charge is 0.309 e. The summed E-state index contributed by atoms with van der Waals surface area (Å²) in [6, 6.07) is 5.15. The molecule has 0 spiro atoms. The van der Waals surface area contributed by atoms with Crippen molar-refractivity contribution in [2.75, 3.05) is 0 Å². The van der Waals surface area contributed by atoms with Gasteiger partial charge in [0.1, 0.15) is 0 Å². The standard InChI is InChI=1S/C17H29NS/c1-2-4-6-8-11-16(12-9-7-5-3-1)18-15-17-13-10-14-19-17/h10,13-14,16,18H,1-9,11-12,15H2. The smallest absolute Gasteiger partial charge is 0.0302 e. The zero-order valence-corrected chi connectivity index (χ0v) is 13.0. The molecule has 1 fully saturated rings. The molecular weight excluding hydrogens is 250 g/mol. The summed E-state index contributed by atoms with van der Waals surface area (Å²) in [6.45, 7) is 1.07. The highest BCUT2D eigenvalue weighted by molar-refractivity contribution is 7.09. The van der Waals surface area contributed by atoms with Gasteiger partial charge in [-0.3, -0.25) is 0 Å². The third-order valence-electron chi connectivity index (χ3n) is 4.25. The van der Waals surface area contributed by atoms with Gasteiger partial charge in [0.15, 0.2) is 0 Å². The van der Waals surface area contributed by atoms with E-state index < -0.39 is 0 Å². The Morgan fingerprint density at radius 3 is 2.00 bits per heavy atom. The summed E-state index contributed by atoms with van der Waals surface area (Å²) in [5.41, 5.74) is 0. The lowest BCUT2D eigenvalue weighted by Gasteiger charge is -2.19. The molecule has 2 heteroatoms. The fourth-order valence-corrected chi connectivity index (χ4v) is 3.68. The van der Waals surface area contributed by atoms with Crippen LogP contribution in [0.5, 0.6) is 0 Å². The van der Waals surface area contributed by atoms with Crippen LogP contribution in [0.15, 0.2) is 17.5 Å². The summed E-state index contributed by atoms with van der Waals surface area (Å²) >= 11 is 1.87. The van der Waals surface area contributed by atoms with Gasteiger partial charge in [0.2, 0.25) is 0 Å². The molecule has 1 N–H and O–H groups in total. The zero-order chi connectivity index (χ0) is 13.2. The zero-order valence-electron chi connectivity index (χ0n) is 12.2. The molecule has 0 bridgehead atoms. The predicted octanol–water partition coefficient (Wildman–Crippen LogP) is 5.51. The fourth-order valence-electron chi connectivity index (χ4n) is 3.03. The maximum Gasteiger partial charge on any atom is 0.0302 e. The van der Waals surface area contributed by atoms with Gasteiger partial charge in [-0.25, -0.2) is 0 Å². The van der Waals surface area contributed by atoms with Gasteiger partial charge in [-0.15, -0.1) is 11.3 Å². The monoisotopic (exact) mass is 279 g/mol. The van der Waals surface area contributed by atoms with E-state index in [0.29, 0.717) is 0 Å². The molecule has 1 heterocycles. The Bertz CT molecular complexity index is 295. The van der Waals surface area contributed by atoms with Crippen LogP contribution in [0.4, 0.5) is 0 Å². The van der Waals surface area contributed by atoms with Crippen LogP contribution < -0.4 is 5.32 Å². The van der Waals surface area contributed by atoms with Crippen molar-refractivity contribution in [2.24, 2.45) is 0 Å². The molecule has 1 aliphatic carbocycles. The Hall–Kier alpha value is -0.340. The highest BCUT2D eigenvalue weighted by atomic mass is 32.1. The van der Waals surface area contributed by atoms with Gasteiger partial charge in [0, 0.05) is 17.5 Å². The minimum Gasteiger partial charge on any atom is -0.309 e. The molecule has 1 aromatic heterocycles. The van der Waals surface area contributed by atoms with Crippen LogP contribution in [0.2, 0.25) is 0 Å². The predicted molar refractivity (Wildman–Crippen MR) is 85.7 cm³/mol. The van der Waals surface area contributed by atoms with E-state index >= 15 is 0 Å². The van der Waals surface area contributed by atoms with Crippen molar-refractivity contribution in [3.05, 3.63) is 22.4 Å². The minimum absolute atomic E-state index is 0.751. The molecule has 0 atom stereocenters. The Balaban J connectivity index is 1.71. The van der Waals surface area contributed by atoms with Crippen LogP contribution in [-0.4, -0.2) is 6.04 Å². The normalized spacial score (nSPS) is 20.6. The summed E-state index contributed by atoms with van der Waals surface area (Å²) < 4.78 is 0. The van der Waals surface area contributed by atoms with Gasteiger partial charge in [-0.05, 0) is 24.3 Å². The fraction of sp³-hybridized carbons (Fsp3) is 0.765. The summed E-state index contributed by atoms with van der Waals surface area (Å²) in [7, 11) is 0. The lowest BCUT2D eigenvalue weighted by atomic mass is 9.98. The molecular formula is C17H29NS. The molecule has 0 radical (unpaired) electrons. The average molecular weight is 279 g/mol. The highest BCUT2D eigenvalue weighted by Crippen LogP contribution is 2.17. The highest BCUT2D eigenvalue weighted by Gasteiger charge is 2.09. The van der Waals surface area contributed by atoms with Gasteiger partial charge in [0.25, 0.3) is 0 Å². The third-order valence-corrected chi connectivity index (χ3v) is 5.13. The second-order valence-electron chi connectivity index (χ2n) is 5.92. The summed E-state index contributed by atoms with van der Waals surface area (Å²) in [5.74, 6) is 0. The Morgan fingerprint density at radius 2 is 1.47 bits per heavy atom. The van der Waals surface area contributed by atoms with Gasteiger partial charge in [-0.1, -0.05) is 63.9 Å². The van der Waals surface area contributed by atoms with Crippen LogP contribution in [0, 0.1) is 0 Å². The van der Waals surface area contributed by atoms with Crippen LogP contribution in [0.3, 0.4) is 0 Å². The quantitative estimate of drug-likeness (QED) is 0.769. The van der Waals surface area contributed by atoms with Crippen molar-refractivity contribution in [1.82, 2.24) is 5.32 Å². The first-order valence-corrected chi connectivity index (χ1v) is 9.09. The van der Waals surface area contributed by atoms with Crippen LogP contribution in [0.25, 0.3) is 0 Å². The van der Waals surface area contributed by atoms with Crippen molar-refractivity contribution in [2.45, 2.75) is 83.2 Å². The number of thiophene rings is 1. The summed E-state index contributed by atoms with van der Waals surface area (Å²) in [4.78, 5) is 1.48. The molecule has 0 aliphatic heterocycles. The molecule has 1 aliphatic rings. The van der Waals surface area contributed by atoms with Crippen molar-refractivity contribution >= 4 is 11.3 Å². The molecule has 1 aromatic rings. The number of hydrogen-bond donors (Lipinski definition) is 1. The van der Waals surface area contributed by atoms with E-state index in [1.54, 1.807) is 0 Å². The van der Waals surface area contributed by atoms with Crippen LogP contribution >= 0.6 is 11.3 Å². The molecule has 0 unspecified atom stereocenters. The summed E-state index contributed by atoms with van der Waals surface area (Å²) in [5, 5.41) is 5.96. The van der Waals surface area contributed by atoms with E-state index in [2.05, 4.69) is 22.8 Å². The molecule has 1 nitrogen and oxygen atoms in total. The number of rotatable bonds is 3. The number of nitrogens with one attached hydrogen (secondary N) is 1. The van der Waals surface area contributed by atoms with Crippen molar-refractivity contribution < 1.29 is 0 Å². The topological polar surface area (TPSA) is 12.0 Å². The Kier molecular flexibility index (Phi) is 7.56. The first-order valence-electron chi connectivity index (χ1n) is 8.21. The SMILES string of the molecule is c1csc(CNC2CCCCCCCCCCC2)c1. The molecule has 1 saturated carbocycles. The van der Waals surface area contributed by atoms with Gasteiger partial charge < -0.3 is 5.32 Å². The summed E-state index contributed by atoms with van der Waals surface area (Å²) in [6.07, 6.45) is 15.8. The molecule has 2 rings (SSSR count). The average Bonchev–Trinajstić information content (AvgIpc) is 2.91. The molecule has 0 saturated heterocycles.